The first kappa shape index (κ1) is 12.5. The molecule has 0 fully saturated rings. The van der Waals surface area contributed by atoms with E-state index < -0.39 is 0 Å². The first-order valence-electron chi connectivity index (χ1n) is 5.33. The van der Waals surface area contributed by atoms with Crippen molar-refractivity contribution in [3.8, 4) is 0 Å². The zero-order chi connectivity index (χ0) is 11.1. The predicted octanol–water partition coefficient (Wildman–Crippen LogP) is 3.16. The Balaban J connectivity index is 2.33. The molecule has 84 valence electrons. The summed E-state index contributed by atoms with van der Waals surface area (Å²) in [5.74, 6) is 0. The third-order valence-corrected chi connectivity index (χ3v) is 2.56. The molecule has 2 N–H and O–H groups in total. The molecule has 0 aliphatic carbocycles. The van der Waals surface area contributed by atoms with Crippen LogP contribution < -0.4 is 5.73 Å². The van der Waals surface area contributed by atoms with Crippen molar-refractivity contribution in [3.05, 3.63) is 34.9 Å². The maximum absolute atomic E-state index is 6.03. The Kier molecular flexibility index (Phi) is 5.69. The van der Waals surface area contributed by atoms with E-state index in [4.69, 9.17) is 22.1 Å². The molecule has 0 saturated heterocycles. The zero-order valence-corrected chi connectivity index (χ0v) is 9.83. The first-order valence-corrected chi connectivity index (χ1v) is 5.70. The third kappa shape index (κ3) is 4.65. The highest BCUT2D eigenvalue weighted by atomic mass is 35.5. The maximum atomic E-state index is 6.03. The highest BCUT2D eigenvalue weighted by Crippen LogP contribution is 2.18. The highest BCUT2D eigenvalue weighted by molar-refractivity contribution is 6.30. The van der Waals surface area contributed by atoms with Crippen molar-refractivity contribution in [2.24, 2.45) is 5.73 Å². The number of nitrogens with two attached hydrogens (primary N) is 1. The molecule has 0 heterocycles. The number of benzene rings is 1. The summed E-state index contributed by atoms with van der Waals surface area (Å²) in [6.45, 7) is 3.56. The van der Waals surface area contributed by atoms with Crippen LogP contribution in [0.15, 0.2) is 24.3 Å². The van der Waals surface area contributed by atoms with Crippen LogP contribution >= 0.6 is 11.6 Å². The lowest BCUT2D eigenvalue weighted by Gasteiger charge is -2.11. The molecule has 1 aromatic rings. The minimum Gasteiger partial charge on any atom is -0.382 e. The Morgan fingerprint density at radius 3 is 2.60 bits per heavy atom. The van der Waals surface area contributed by atoms with Crippen molar-refractivity contribution in [2.45, 2.75) is 25.8 Å². The molecule has 0 amide bonds. The van der Waals surface area contributed by atoms with E-state index in [1.54, 1.807) is 0 Å². The average molecular weight is 228 g/mol. The minimum absolute atomic E-state index is 0.0859. The van der Waals surface area contributed by atoms with E-state index in [0.717, 1.165) is 36.6 Å². The highest BCUT2D eigenvalue weighted by Gasteiger charge is 2.04. The van der Waals surface area contributed by atoms with E-state index >= 15 is 0 Å². The molecule has 3 heteroatoms. The van der Waals surface area contributed by atoms with Gasteiger partial charge in [0.05, 0.1) is 0 Å². The van der Waals surface area contributed by atoms with Crippen LogP contribution in [0.1, 0.15) is 31.4 Å². The summed E-state index contributed by atoms with van der Waals surface area (Å²) in [4.78, 5) is 0. The van der Waals surface area contributed by atoms with Gasteiger partial charge < -0.3 is 10.5 Å². The van der Waals surface area contributed by atoms with Gasteiger partial charge in [-0.15, -0.1) is 0 Å². The van der Waals surface area contributed by atoms with Crippen LogP contribution in [0.3, 0.4) is 0 Å². The molecule has 0 aromatic heterocycles. The fraction of sp³-hybridized carbons (Fsp3) is 0.500. The largest absolute Gasteiger partial charge is 0.382 e. The second kappa shape index (κ2) is 6.83. The summed E-state index contributed by atoms with van der Waals surface area (Å²) < 4.78 is 5.26. The van der Waals surface area contributed by atoms with Crippen molar-refractivity contribution < 1.29 is 4.74 Å². The standard InChI is InChI=1S/C12H18ClNO/c1-2-15-9-3-4-12(14)10-5-7-11(13)8-6-10/h5-8,12H,2-4,9,14H2,1H3. The average Bonchev–Trinajstić information content (AvgIpc) is 2.25. The van der Waals surface area contributed by atoms with Gasteiger partial charge in [-0.2, -0.15) is 0 Å². The quantitative estimate of drug-likeness (QED) is 0.758. The summed E-state index contributed by atoms with van der Waals surface area (Å²) in [6.07, 6.45) is 1.94. The molecule has 1 unspecified atom stereocenters. The summed E-state index contributed by atoms with van der Waals surface area (Å²) in [5, 5.41) is 0.750. The molecule has 1 rings (SSSR count). The molecule has 0 spiro atoms. The third-order valence-electron chi connectivity index (χ3n) is 2.31. The summed E-state index contributed by atoms with van der Waals surface area (Å²) >= 11 is 5.80. The number of rotatable bonds is 6. The van der Waals surface area contributed by atoms with Crippen molar-refractivity contribution in [1.29, 1.82) is 0 Å². The van der Waals surface area contributed by atoms with Crippen LogP contribution in [-0.4, -0.2) is 13.2 Å². The Labute approximate surface area is 96.4 Å². The van der Waals surface area contributed by atoms with Gasteiger partial charge in [-0.05, 0) is 37.5 Å². The Bertz CT molecular complexity index is 273. The molecule has 0 aliphatic heterocycles. The molecule has 1 aromatic carbocycles. The molecule has 0 radical (unpaired) electrons. The van der Waals surface area contributed by atoms with Gasteiger partial charge in [0.1, 0.15) is 0 Å². The van der Waals surface area contributed by atoms with Gasteiger partial charge in [0, 0.05) is 24.3 Å². The fourth-order valence-corrected chi connectivity index (χ4v) is 1.55. The summed E-state index contributed by atoms with van der Waals surface area (Å²) in [5.41, 5.74) is 7.16. The van der Waals surface area contributed by atoms with E-state index in [1.807, 2.05) is 31.2 Å². The van der Waals surface area contributed by atoms with Crippen LogP contribution in [0.2, 0.25) is 5.02 Å². The van der Waals surface area contributed by atoms with Crippen LogP contribution in [0, 0.1) is 0 Å². The van der Waals surface area contributed by atoms with Crippen LogP contribution in [0.5, 0.6) is 0 Å². The molecule has 0 bridgehead atoms. The van der Waals surface area contributed by atoms with Crippen molar-refractivity contribution in [3.63, 3.8) is 0 Å². The normalized spacial score (nSPS) is 12.7. The summed E-state index contributed by atoms with van der Waals surface area (Å²) in [6, 6.07) is 7.79. The predicted molar refractivity (Wildman–Crippen MR) is 64.1 cm³/mol. The van der Waals surface area contributed by atoms with Gasteiger partial charge >= 0.3 is 0 Å². The number of halogens is 1. The SMILES string of the molecule is CCOCCCC(N)c1ccc(Cl)cc1. The van der Waals surface area contributed by atoms with Crippen LogP contribution in [-0.2, 0) is 4.74 Å². The Morgan fingerprint density at radius 2 is 2.00 bits per heavy atom. The summed E-state index contributed by atoms with van der Waals surface area (Å²) in [7, 11) is 0. The lowest BCUT2D eigenvalue weighted by atomic mass is 10.0. The van der Waals surface area contributed by atoms with Gasteiger partial charge in [-0.1, -0.05) is 23.7 Å². The van der Waals surface area contributed by atoms with Crippen LogP contribution in [0.4, 0.5) is 0 Å². The van der Waals surface area contributed by atoms with E-state index in [1.165, 1.54) is 0 Å². The fourth-order valence-electron chi connectivity index (χ4n) is 1.43. The second-order valence-electron chi connectivity index (χ2n) is 3.50. The number of ether oxygens (including phenoxy) is 1. The van der Waals surface area contributed by atoms with E-state index in [0.29, 0.717) is 0 Å². The lowest BCUT2D eigenvalue weighted by molar-refractivity contribution is 0.142. The molecule has 0 aliphatic rings. The molecule has 0 saturated carbocycles. The van der Waals surface area contributed by atoms with Gasteiger partial charge in [-0.25, -0.2) is 0 Å². The van der Waals surface area contributed by atoms with Gasteiger partial charge in [0.2, 0.25) is 0 Å². The lowest BCUT2D eigenvalue weighted by Crippen LogP contribution is -2.11. The van der Waals surface area contributed by atoms with Crippen molar-refractivity contribution >= 4 is 11.6 Å². The second-order valence-corrected chi connectivity index (χ2v) is 3.93. The van der Waals surface area contributed by atoms with E-state index in [9.17, 15) is 0 Å². The first-order chi connectivity index (χ1) is 7.24. The van der Waals surface area contributed by atoms with Gasteiger partial charge in [0.15, 0.2) is 0 Å². The van der Waals surface area contributed by atoms with E-state index in [-0.39, 0.29) is 6.04 Å². The molecule has 2 nitrogen and oxygen atoms in total. The van der Waals surface area contributed by atoms with Crippen LogP contribution in [0.25, 0.3) is 0 Å². The zero-order valence-electron chi connectivity index (χ0n) is 9.08. The van der Waals surface area contributed by atoms with Gasteiger partial charge in [0.25, 0.3) is 0 Å². The van der Waals surface area contributed by atoms with E-state index in [2.05, 4.69) is 0 Å². The molecular formula is C12H18ClNO. The number of hydrogen-bond donors (Lipinski definition) is 1. The maximum Gasteiger partial charge on any atom is 0.0466 e. The topological polar surface area (TPSA) is 35.2 Å². The monoisotopic (exact) mass is 227 g/mol. The Hall–Kier alpha value is -0.570. The molecular weight excluding hydrogens is 210 g/mol. The van der Waals surface area contributed by atoms with Crippen molar-refractivity contribution in [2.75, 3.05) is 13.2 Å². The molecule has 1 atom stereocenters. The number of hydrogen-bond acceptors (Lipinski definition) is 2. The van der Waals surface area contributed by atoms with Crippen molar-refractivity contribution in [1.82, 2.24) is 0 Å². The molecule has 15 heavy (non-hydrogen) atoms. The minimum atomic E-state index is 0.0859. The Morgan fingerprint density at radius 1 is 1.33 bits per heavy atom. The smallest absolute Gasteiger partial charge is 0.0466 e. The van der Waals surface area contributed by atoms with Gasteiger partial charge in [-0.3, -0.25) is 0 Å².